The van der Waals surface area contributed by atoms with Crippen LogP contribution >= 0.6 is 11.9 Å². The van der Waals surface area contributed by atoms with Crippen molar-refractivity contribution >= 4 is 29.5 Å². The molecule has 0 aromatic carbocycles. The lowest BCUT2D eigenvalue weighted by Gasteiger charge is -2.27. The van der Waals surface area contributed by atoms with Crippen LogP contribution in [0.3, 0.4) is 0 Å². The lowest BCUT2D eigenvalue weighted by Crippen LogP contribution is -2.44. The molecule has 5 N–H and O–H groups in total. The van der Waals surface area contributed by atoms with E-state index < -0.39 is 0 Å². The number of pyridine rings is 2. The number of rotatable bonds is 6. The van der Waals surface area contributed by atoms with E-state index in [1.165, 1.54) is 23.4 Å². The Morgan fingerprint density at radius 1 is 1.32 bits per heavy atom. The van der Waals surface area contributed by atoms with Gasteiger partial charge in [0.2, 0.25) is 0 Å². The summed E-state index contributed by atoms with van der Waals surface area (Å²) in [4.78, 5) is 21.7. The minimum Gasteiger partial charge on any atom is -0.321 e. The topological polar surface area (TPSA) is 126 Å². The van der Waals surface area contributed by atoms with Crippen molar-refractivity contribution in [3.63, 3.8) is 0 Å². The highest BCUT2D eigenvalue weighted by atomic mass is 32.2. The van der Waals surface area contributed by atoms with Gasteiger partial charge >= 0.3 is 0 Å². The van der Waals surface area contributed by atoms with Crippen molar-refractivity contribution in [2.45, 2.75) is 50.9 Å². The smallest absolute Gasteiger partial charge is 0.275 e. The average molecular weight is 441 g/mol. The molecular formula is C21H28N8OS. The molecule has 1 aliphatic heterocycles. The highest BCUT2D eigenvalue weighted by Crippen LogP contribution is 2.38. The lowest BCUT2D eigenvalue weighted by molar-refractivity contribution is 0.102. The van der Waals surface area contributed by atoms with E-state index in [1.807, 2.05) is 38.1 Å². The predicted molar refractivity (Wildman–Crippen MR) is 123 cm³/mol. The van der Waals surface area contributed by atoms with Gasteiger partial charge in [0.05, 0.1) is 0 Å². The van der Waals surface area contributed by atoms with Gasteiger partial charge in [-0.2, -0.15) is 5.10 Å². The highest BCUT2D eigenvalue weighted by molar-refractivity contribution is 7.97. The fourth-order valence-electron chi connectivity index (χ4n) is 3.33. The first-order valence-electron chi connectivity index (χ1n) is 10.4. The van der Waals surface area contributed by atoms with Crippen LogP contribution in [0.5, 0.6) is 0 Å². The molecule has 4 rings (SSSR count). The maximum Gasteiger partial charge on any atom is 0.275 e. The Bertz CT molecular complexity index is 991. The van der Waals surface area contributed by atoms with Crippen molar-refractivity contribution in [1.29, 1.82) is 0 Å². The SMILES string of the molecule is CC(C)N(N)/C(=N\N)c1cccc(NC(=O)c2cc3c(cn2)CCN(SC2CC2)C3)n1. The number of fused-ring (bicyclic) bond motifs is 1. The van der Waals surface area contributed by atoms with E-state index in [0.29, 0.717) is 23.0 Å². The van der Waals surface area contributed by atoms with Crippen LogP contribution in [0.25, 0.3) is 0 Å². The van der Waals surface area contributed by atoms with Gasteiger partial charge in [-0.25, -0.2) is 15.1 Å². The van der Waals surface area contributed by atoms with Gasteiger partial charge in [-0.1, -0.05) is 18.0 Å². The second-order valence-electron chi connectivity index (χ2n) is 8.07. The van der Waals surface area contributed by atoms with Gasteiger partial charge in [-0.15, -0.1) is 0 Å². The largest absolute Gasteiger partial charge is 0.321 e. The summed E-state index contributed by atoms with van der Waals surface area (Å²) < 4.78 is 2.40. The van der Waals surface area contributed by atoms with E-state index in [4.69, 9.17) is 11.7 Å². The van der Waals surface area contributed by atoms with E-state index in [-0.39, 0.29) is 11.9 Å². The van der Waals surface area contributed by atoms with Gasteiger partial charge in [0.15, 0.2) is 5.84 Å². The average Bonchev–Trinajstić information content (AvgIpc) is 3.58. The minimum absolute atomic E-state index is 0.0142. The number of amides is 1. The Morgan fingerprint density at radius 3 is 2.84 bits per heavy atom. The number of amidine groups is 1. The number of nitrogens with two attached hydrogens (primary N) is 2. The van der Waals surface area contributed by atoms with E-state index >= 15 is 0 Å². The summed E-state index contributed by atoms with van der Waals surface area (Å²) in [7, 11) is 0. The molecule has 0 spiro atoms. The molecule has 2 aliphatic rings. The van der Waals surface area contributed by atoms with Gasteiger partial charge in [-0.3, -0.25) is 14.8 Å². The molecule has 1 aliphatic carbocycles. The summed E-state index contributed by atoms with van der Waals surface area (Å²) in [6.07, 6.45) is 5.39. The molecular weight excluding hydrogens is 412 g/mol. The molecule has 0 unspecified atom stereocenters. The third-order valence-corrected chi connectivity index (χ3v) is 6.64. The summed E-state index contributed by atoms with van der Waals surface area (Å²) in [5.74, 6) is 12.0. The summed E-state index contributed by atoms with van der Waals surface area (Å²) in [6, 6.07) is 7.09. The van der Waals surface area contributed by atoms with Crippen molar-refractivity contribution < 1.29 is 4.79 Å². The molecule has 2 aromatic heterocycles. The molecule has 0 radical (unpaired) electrons. The van der Waals surface area contributed by atoms with E-state index in [0.717, 1.165) is 30.3 Å². The Hall–Kier alpha value is -2.69. The second-order valence-corrected chi connectivity index (χ2v) is 9.47. The lowest BCUT2D eigenvalue weighted by atomic mass is 10.0. The quantitative estimate of drug-likeness (QED) is 0.205. The zero-order chi connectivity index (χ0) is 22.0. The highest BCUT2D eigenvalue weighted by Gasteiger charge is 2.28. The van der Waals surface area contributed by atoms with E-state index in [1.54, 1.807) is 18.2 Å². The third kappa shape index (κ3) is 5.15. The van der Waals surface area contributed by atoms with Crippen LogP contribution in [0.1, 0.15) is 54.0 Å². The van der Waals surface area contributed by atoms with Crippen LogP contribution in [0.2, 0.25) is 0 Å². The normalized spacial score (nSPS) is 16.8. The Kier molecular flexibility index (Phi) is 6.40. The number of carbonyl (C=O) groups excluding carboxylic acids is 1. The number of carbonyl (C=O) groups is 1. The Balaban J connectivity index is 1.47. The molecule has 164 valence electrons. The molecule has 1 fully saturated rings. The first-order valence-corrected chi connectivity index (χ1v) is 11.3. The monoisotopic (exact) mass is 440 g/mol. The number of nitrogens with one attached hydrogen (secondary N) is 1. The van der Waals surface area contributed by atoms with Gasteiger partial charge in [0.1, 0.15) is 17.2 Å². The maximum atomic E-state index is 12.8. The fraction of sp³-hybridized carbons (Fsp3) is 0.429. The van der Waals surface area contributed by atoms with Crippen LogP contribution in [-0.2, 0) is 13.0 Å². The molecule has 0 saturated heterocycles. The van der Waals surface area contributed by atoms with Crippen LogP contribution in [0, 0.1) is 0 Å². The molecule has 2 aromatic rings. The second kappa shape index (κ2) is 9.21. The molecule has 1 amide bonds. The number of hydrazine groups is 1. The number of hydrogen-bond donors (Lipinski definition) is 3. The Labute approximate surface area is 186 Å². The molecule has 10 heteroatoms. The maximum absolute atomic E-state index is 12.8. The molecule has 0 atom stereocenters. The minimum atomic E-state index is -0.306. The van der Waals surface area contributed by atoms with Crippen molar-refractivity contribution in [3.05, 3.63) is 53.0 Å². The van der Waals surface area contributed by atoms with Crippen molar-refractivity contribution in [3.8, 4) is 0 Å². The molecule has 31 heavy (non-hydrogen) atoms. The van der Waals surface area contributed by atoms with Gasteiger partial charge in [0, 0.05) is 30.6 Å². The zero-order valence-corrected chi connectivity index (χ0v) is 18.6. The summed E-state index contributed by atoms with van der Waals surface area (Å²) in [5, 5.41) is 8.79. The number of hydrazone groups is 1. The molecule has 3 heterocycles. The Morgan fingerprint density at radius 2 is 2.13 bits per heavy atom. The van der Waals surface area contributed by atoms with Gasteiger partial charge in [0.25, 0.3) is 5.91 Å². The first kappa shape index (κ1) is 21.5. The molecule has 0 bridgehead atoms. The first-order chi connectivity index (χ1) is 14.9. The van der Waals surface area contributed by atoms with E-state index in [9.17, 15) is 4.79 Å². The van der Waals surface area contributed by atoms with Crippen molar-refractivity contribution in [1.82, 2.24) is 19.3 Å². The van der Waals surface area contributed by atoms with E-state index in [2.05, 4.69) is 24.7 Å². The van der Waals surface area contributed by atoms with Crippen molar-refractivity contribution in [2.24, 2.45) is 16.8 Å². The summed E-state index contributed by atoms with van der Waals surface area (Å²) in [6.45, 7) is 5.70. The number of nitrogens with zero attached hydrogens (tertiary/aromatic N) is 5. The van der Waals surface area contributed by atoms with Crippen LogP contribution in [0.4, 0.5) is 5.82 Å². The molecule has 1 saturated carbocycles. The third-order valence-electron chi connectivity index (χ3n) is 5.26. The molecule has 9 nitrogen and oxygen atoms in total. The standard InChI is InChI=1S/C21H28N8OS/c1-13(2)29(23)20(27-22)17-4-3-5-19(25-17)26-21(30)18-10-15-12-28(31-16-6-7-16)9-8-14(15)11-24-18/h3-5,10-11,13,16H,6-9,12,22-23H2,1-2H3,(H,25,26,30)/b27-20-. The van der Waals surface area contributed by atoms with Crippen molar-refractivity contribution in [2.75, 3.05) is 11.9 Å². The van der Waals surface area contributed by atoms with Gasteiger partial charge in [-0.05, 0) is 62.4 Å². The zero-order valence-electron chi connectivity index (χ0n) is 17.8. The van der Waals surface area contributed by atoms with Gasteiger partial charge < -0.3 is 11.2 Å². The summed E-state index contributed by atoms with van der Waals surface area (Å²) in [5.41, 5.74) is 3.22. The van der Waals surface area contributed by atoms with Crippen LogP contribution in [0.15, 0.2) is 35.6 Å². The number of anilines is 1. The van der Waals surface area contributed by atoms with Crippen LogP contribution < -0.4 is 17.0 Å². The summed E-state index contributed by atoms with van der Waals surface area (Å²) >= 11 is 1.94. The number of aromatic nitrogens is 2. The van der Waals surface area contributed by atoms with Crippen LogP contribution in [-0.4, -0.2) is 48.9 Å². The predicted octanol–water partition coefficient (Wildman–Crippen LogP) is 2.10. The fourth-order valence-corrected chi connectivity index (χ4v) is 4.51. The number of hydrogen-bond acceptors (Lipinski definition) is 8.